The number of nitrogens with one attached hydrogen (secondary N) is 2. The zero-order valence-electron chi connectivity index (χ0n) is 22.6. The monoisotopic (exact) mass is 515 g/mol. The van der Waals surface area contributed by atoms with Gasteiger partial charge in [-0.1, -0.05) is 19.9 Å². The third-order valence-electron chi connectivity index (χ3n) is 7.93. The Bertz CT molecular complexity index is 1050. The highest BCUT2D eigenvalue weighted by Gasteiger charge is 2.57. The van der Waals surface area contributed by atoms with E-state index in [4.69, 9.17) is 15.2 Å². The summed E-state index contributed by atoms with van der Waals surface area (Å²) in [7, 11) is 0. The highest BCUT2D eigenvalue weighted by molar-refractivity contribution is 5.96. The van der Waals surface area contributed by atoms with E-state index in [1.165, 1.54) is 10.9 Å². The van der Waals surface area contributed by atoms with Crippen molar-refractivity contribution >= 4 is 24.1 Å². The van der Waals surface area contributed by atoms with Crippen LogP contribution in [0.15, 0.2) is 12.3 Å². The number of amides is 3. The molecule has 0 radical (unpaired) electrons. The molecule has 4 bridgehead atoms. The summed E-state index contributed by atoms with van der Waals surface area (Å²) >= 11 is 0. The van der Waals surface area contributed by atoms with Gasteiger partial charge in [-0.3, -0.25) is 9.59 Å². The average molecular weight is 516 g/mol. The summed E-state index contributed by atoms with van der Waals surface area (Å²) in [6, 6.07) is 0.00201. The summed E-state index contributed by atoms with van der Waals surface area (Å²) < 4.78 is 13.2. The molecule has 10 heteroatoms. The largest absolute Gasteiger partial charge is 0.477 e. The summed E-state index contributed by atoms with van der Waals surface area (Å²) in [5.74, 6) is 1.25. The molecule has 5 rings (SSSR count). The molecule has 1 heterocycles. The van der Waals surface area contributed by atoms with Gasteiger partial charge in [0, 0.05) is 18.8 Å². The van der Waals surface area contributed by atoms with Gasteiger partial charge in [0.1, 0.15) is 11.2 Å². The van der Waals surface area contributed by atoms with Gasteiger partial charge in [-0.15, -0.1) is 0 Å². The number of hydrogen-bond donors (Lipinski definition) is 3. The molecule has 204 valence electrons. The summed E-state index contributed by atoms with van der Waals surface area (Å²) in [5.41, 5.74) is 4.49. The maximum absolute atomic E-state index is 13.5. The van der Waals surface area contributed by atoms with E-state index >= 15 is 0 Å². The second-order valence-electron chi connectivity index (χ2n) is 12.0. The maximum Gasteiger partial charge on any atom is 0.405 e. The van der Waals surface area contributed by atoms with Crippen LogP contribution in [0, 0.1) is 29.1 Å². The van der Waals surface area contributed by atoms with Crippen LogP contribution in [-0.2, 0) is 9.53 Å². The van der Waals surface area contributed by atoms with Gasteiger partial charge in [0.05, 0.1) is 18.2 Å². The van der Waals surface area contributed by atoms with E-state index < -0.39 is 17.1 Å². The fraction of sp³-hybridized carbons (Fsp3) is 0.704. The number of primary amides is 1. The zero-order valence-corrected chi connectivity index (χ0v) is 22.6. The first-order chi connectivity index (χ1) is 17.4. The molecule has 4 aliphatic carbocycles. The van der Waals surface area contributed by atoms with Gasteiger partial charge in [0.25, 0.3) is 5.91 Å². The lowest BCUT2D eigenvalue weighted by Crippen LogP contribution is -2.63. The molecule has 10 nitrogen and oxygen atoms in total. The van der Waals surface area contributed by atoms with Crippen LogP contribution in [0.25, 0.3) is 6.20 Å². The molecule has 1 aromatic heterocycles. The van der Waals surface area contributed by atoms with Crippen LogP contribution in [0.4, 0.5) is 4.79 Å². The Morgan fingerprint density at radius 2 is 1.92 bits per heavy atom. The topological polar surface area (TPSA) is 138 Å². The van der Waals surface area contributed by atoms with Crippen molar-refractivity contribution < 1.29 is 23.9 Å². The molecule has 2 atom stereocenters. The second-order valence-corrected chi connectivity index (χ2v) is 12.0. The highest BCUT2D eigenvalue weighted by Crippen LogP contribution is 2.57. The van der Waals surface area contributed by atoms with Crippen molar-refractivity contribution in [1.29, 1.82) is 0 Å². The van der Waals surface area contributed by atoms with Crippen molar-refractivity contribution in [2.75, 3.05) is 13.2 Å². The third-order valence-corrected chi connectivity index (χ3v) is 7.93. The quantitative estimate of drug-likeness (QED) is 0.437. The van der Waals surface area contributed by atoms with Gasteiger partial charge in [0.15, 0.2) is 0 Å². The Kier molecular flexibility index (Phi) is 7.57. The Balaban J connectivity index is 1.52. The predicted octanol–water partition coefficient (Wildman–Crippen LogP) is 3.32. The number of ether oxygens (including phenoxy) is 2. The number of carbonyl (C=O) groups excluding carboxylic acids is 3. The maximum atomic E-state index is 13.5. The van der Waals surface area contributed by atoms with E-state index in [0.29, 0.717) is 30.5 Å². The Labute approximate surface area is 218 Å². The number of nitrogens with zero attached hydrogens (tertiary/aromatic N) is 2. The molecule has 4 fully saturated rings. The number of nitrogens with two attached hydrogens (primary N) is 1. The molecule has 3 amide bonds. The van der Waals surface area contributed by atoms with Crippen LogP contribution >= 0.6 is 0 Å². The Morgan fingerprint density at radius 3 is 2.51 bits per heavy atom. The van der Waals surface area contributed by atoms with Crippen LogP contribution in [0.5, 0.6) is 5.88 Å². The first-order valence-electron chi connectivity index (χ1n) is 13.4. The molecule has 0 spiro atoms. The third kappa shape index (κ3) is 5.78. The molecular formula is C27H41N5O5. The highest BCUT2D eigenvalue weighted by atomic mass is 16.6. The van der Waals surface area contributed by atoms with Gasteiger partial charge in [-0.2, -0.15) is 5.10 Å². The first kappa shape index (κ1) is 27.0. The van der Waals surface area contributed by atoms with Crippen LogP contribution in [0.2, 0.25) is 0 Å². The van der Waals surface area contributed by atoms with Crippen molar-refractivity contribution in [3.05, 3.63) is 17.8 Å². The molecule has 4 aliphatic rings. The predicted molar refractivity (Wildman–Crippen MR) is 139 cm³/mol. The summed E-state index contributed by atoms with van der Waals surface area (Å²) in [5, 5.41) is 10.5. The lowest BCUT2D eigenvalue weighted by Gasteiger charge is -2.58. The molecule has 0 saturated heterocycles. The molecule has 1 aromatic rings. The lowest BCUT2D eigenvalue weighted by molar-refractivity contribution is -0.137. The summed E-state index contributed by atoms with van der Waals surface area (Å²) in [6.07, 6.45) is 8.57. The normalized spacial score (nSPS) is 28.5. The summed E-state index contributed by atoms with van der Waals surface area (Å²) in [4.78, 5) is 37.5. The van der Waals surface area contributed by atoms with E-state index in [9.17, 15) is 14.4 Å². The minimum Gasteiger partial charge on any atom is -0.477 e. The number of aromatic nitrogens is 2. The minimum absolute atomic E-state index is 0.00201. The van der Waals surface area contributed by atoms with Crippen LogP contribution in [-0.4, -0.2) is 52.5 Å². The molecule has 4 N–H and O–H groups in total. The van der Waals surface area contributed by atoms with Crippen LogP contribution < -0.4 is 21.1 Å². The second kappa shape index (κ2) is 10.4. The van der Waals surface area contributed by atoms with Crippen molar-refractivity contribution in [1.82, 2.24) is 20.4 Å². The Morgan fingerprint density at radius 1 is 1.24 bits per heavy atom. The van der Waals surface area contributed by atoms with Gasteiger partial charge < -0.3 is 25.8 Å². The van der Waals surface area contributed by atoms with Gasteiger partial charge in [-0.25, -0.2) is 9.48 Å². The van der Waals surface area contributed by atoms with Crippen molar-refractivity contribution in [2.24, 2.45) is 34.8 Å². The van der Waals surface area contributed by atoms with Gasteiger partial charge in [-0.05, 0) is 76.5 Å². The summed E-state index contributed by atoms with van der Waals surface area (Å²) in [6.45, 7) is 10.6. The van der Waals surface area contributed by atoms with E-state index in [0.717, 1.165) is 32.1 Å². The lowest BCUT2D eigenvalue weighted by atomic mass is 9.52. The van der Waals surface area contributed by atoms with E-state index in [1.807, 2.05) is 34.6 Å². The molecular weight excluding hydrogens is 474 g/mol. The van der Waals surface area contributed by atoms with Crippen molar-refractivity contribution in [2.45, 2.75) is 78.4 Å². The molecule has 0 aromatic carbocycles. The van der Waals surface area contributed by atoms with Gasteiger partial charge >= 0.3 is 6.09 Å². The van der Waals surface area contributed by atoms with Crippen LogP contribution in [0.3, 0.4) is 0 Å². The molecule has 2 unspecified atom stereocenters. The van der Waals surface area contributed by atoms with Gasteiger partial charge in [0.2, 0.25) is 11.8 Å². The number of hydrogen-bond acceptors (Lipinski definition) is 6. The van der Waals surface area contributed by atoms with E-state index in [-0.39, 0.29) is 35.6 Å². The van der Waals surface area contributed by atoms with Crippen LogP contribution in [0.1, 0.15) is 77.1 Å². The fourth-order valence-corrected chi connectivity index (χ4v) is 6.48. The first-order valence-corrected chi connectivity index (χ1v) is 13.4. The average Bonchev–Trinajstić information content (AvgIpc) is 3.20. The molecule has 37 heavy (non-hydrogen) atoms. The van der Waals surface area contributed by atoms with E-state index in [2.05, 4.69) is 15.7 Å². The minimum atomic E-state index is -0.761. The zero-order chi connectivity index (χ0) is 27.0. The molecule has 4 saturated carbocycles. The molecule has 0 aliphatic heterocycles. The standard InChI is InChI=1S/C27H41N5O5/c1-6-29-24(34)26(4,5)7-8-32-23(36-15-16(2)3)20(14-30-32)22(33)31-21-18-9-17-10-19(21)13-27(11-17,12-18)37-25(28)35/h7-8,14,16-19,21H,6,9-13,15H2,1-5H3,(H2,28,35)(H,29,34)(H,31,33)/b8-7+/t17?,18?,19?,21-,27-. The van der Waals surface area contributed by atoms with E-state index in [1.54, 1.807) is 12.3 Å². The number of rotatable bonds is 10. The smallest absolute Gasteiger partial charge is 0.405 e. The van der Waals surface area contributed by atoms with Crippen molar-refractivity contribution in [3.8, 4) is 5.88 Å². The Hall–Kier alpha value is -3.04. The fourth-order valence-electron chi connectivity index (χ4n) is 6.48. The van der Waals surface area contributed by atoms with Crippen molar-refractivity contribution in [3.63, 3.8) is 0 Å². The SMILES string of the molecule is CCNC(=O)C(C)(C)/C=C/n1ncc(C(=O)N[C@H]2C3CC4CC2C[C@](OC(N)=O)(C4)C3)c1OCC(C)C. The number of carbonyl (C=O) groups is 3.